The number of hydrogen-bond donors (Lipinski definition) is 0. The molecule has 0 aliphatic carbocycles. The number of carbonyl (C=O) groups excluding carboxylic acids is 1. The number of carbonyl (C=O) groups is 1. The van der Waals surface area contributed by atoms with E-state index in [9.17, 15) is 14.9 Å². The lowest BCUT2D eigenvalue weighted by Crippen LogP contribution is -2.00. The number of nitrogens with zero attached hydrogens (tertiary/aromatic N) is 1. The first-order valence-corrected chi connectivity index (χ1v) is 9.97. The molecule has 4 rings (SSSR count). The van der Waals surface area contributed by atoms with E-state index in [0.29, 0.717) is 38.2 Å². The van der Waals surface area contributed by atoms with Crippen LogP contribution in [0.5, 0.6) is 11.5 Å². The molecule has 0 N–H and O–H groups in total. The largest absolute Gasteiger partial charge is 0.489 e. The van der Waals surface area contributed by atoms with Crippen LogP contribution in [0.3, 0.4) is 0 Å². The molecule has 0 radical (unpaired) electrons. The zero-order valence-electron chi connectivity index (χ0n) is 16.2. The van der Waals surface area contributed by atoms with Crippen molar-refractivity contribution < 1.29 is 19.2 Å². The highest BCUT2D eigenvalue weighted by Gasteiger charge is 2.30. The van der Waals surface area contributed by atoms with E-state index in [0.717, 1.165) is 5.56 Å². The standard InChI is InChI=1S/C23H15Cl2NO5/c1-13-8-18(30-12-14-2-6-17(7-3-14)26(28)29)11-20-22(13)23(27)21(31-20)9-15-4-5-16(24)10-19(15)25/h2-11H,12H2,1H3/b21-9-. The molecule has 156 valence electrons. The van der Waals surface area contributed by atoms with E-state index in [1.807, 2.05) is 0 Å². The number of nitro groups is 1. The second-order valence-electron chi connectivity index (χ2n) is 6.93. The summed E-state index contributed by atoms with van der Waals surface area (Å²) >= 11 is 12.1. The van der Waals surface area contributed by atoms with Gasteiger partial charge in [-0.05, 0) is 60.0 Å². The molecule has 0 spiro atoms. The molecule has 3 aromatic carbocycles. The molecule has 0 amide bonds. The summed E-state index contributed by atoms with van der Waals surface area (Å²) in [7, 11) is 0. The minimum atomic E-state index is -0.453. The lowest BCUT2D eigenvalue weighted by atomic mass is 10.0. The molecule has 1 heterocycles. The number of ether oxygens (including phenoxy) is 2. The Balaban J connectivity index is 1.54. The minimum Gasteiger partial charge on any atom is -0.489 e. The van der Waals surface area contributed by atoms with Gasteiger partial charge in [0.15, 0.2) is 5.76 Å². The Morgan fingerprint density at radius 3 is 2.52 bits per heavy atom. The summed E-state index contributed by atoms with van der Waals surface area (Å²) < 4.78 is 11.6. The van der Waals surface area contributed by atoms with Crippen molar-refractivity contribution in [3.8, 4) is 11.5 Å². The number of Topliss-reactive ketones (excluding diaryl/α,β-unsaturated/α-hetero) is 1. The van der Waals surface area contributed by atoms with E-state index in [4.69, 9.17) is 32.7 Å². The highest BCUT2D eigenvalue weighted by Crippen LogP contribution is 2.38. The van der Waals surface area contributed by atoms with Crippen molar-refractivity contribution in [2.45, 2.75) is 13.5 Å². The monoisotopic (exact) mass is 455 g/mol. The minimum absolute atomic E-state index is 0.0177. The van der Waals surface area contributed by atoms with E-state index in [2.05, 4.69) is 0 Å². The van der Waals surface area contributed by atoms with Gasteiger partial charge in [0.25, 0.3) is 5.69 Å². The summed E-state index contributed by atoms with van der Waals surface area (Å²) in [5, 5.41) is 11.7. The summed E-state index contributed by atoms with van der Waals surface area (Å²) in [5.41, 5.74) is 2.60. The molecule has 6 nitrogen and oxygen atoms in total. The number of allylic oxidation sites excluding steroid dienone is 1. The Kier molecular flexibility index (Phi) is 5.67. The Morgan fingerprint density at radius 2 is 1.84 bits per heavy atom. The van der Waals surface area contributed by atoms with E-state index in [1.165, 1.54) is 12.1 Å². The Hall–Kier alpha value is -3.35. The SMILES string of the molecule is Cc1cc(OCc2ccc([N+](=O)[O-])cc2)cc2c1C(=O)/C(=C/c1ccc(Cl)cc1Cl)O2. The van der Waals surface area contributed by atoms with Crippen LogP contribution in [0, 0.1) is 17.0 Å². The number of aryl methyl sites for hydroxylation is 1. The summed E-state index contributed by atoms with van der Waals surface area (Å²) in [6.07, 6.45) is 1.58. The first-order valence-electron chi connectivity index (χ1n) is 9.22. The Morgan fingerprint density at radius 1 is 1.10 bits per heavy atom. The predicted octanol–water partition coefficient (Wildman–Crippen LogP) is 6.41. The quantitative estimate of drug-likeness (QED) is 0.252. The third-order valence-electron chi connectivity index (χ3n) is 4.75. The fraction of sp³-hybridized carbons (Fsp3) is 0.0870. The smallest absolute Gasteiger partial charge is 0.269 e. The van der Waals surface area contributed by atoms with E-state index >= 15 is 0 Å². The molecule has 1 aliphatic heterocycles. The van der Waals surface area contributed by atoms with Gasteiger partial charge in [-0.1, -0.05) is 29.3 Å². The molecule has 0 bridgehead atoms. The average Bonchev–Trinajstić information content (AvgIpc) is 3.04. The number of non-ortho nitro benzene ring substituents is 1. The van der Waals surface area contributed by atoms with E-state index < -0.39 is 4.92 Å². The van der Waals surface area contributed by atoms with Gasteiger partial charge in [0, 0.05) is 28.2 Å². The van der Waals surface area contributed by atoms with Crippen molar-refractivity contribution in [2.24, 2.45) is 0 Å². The molecule has 0 atom stereocenters. The van der Waals surface area contributed by atoms with Gasteiger partial charge in [-0.25, -0.2) is 0 Å². The number of rotatable bonds is 5. The van der Waals surface area contributed by atoms with Gasteiger partial charge in [-0.15, -0.1) is 0 Å². The van der Waals surface area contributed by atoms with Crippen LogP contribution in [-0.4, -0.2) is 10.7 Å². The van der Waals surface area contributed by atoms with Crippen molar-refractivity contribution in [2.75, 3.05) is 0 Å². The molecular weight excluding hydrogens is 441 g/mol. The van der Waals surface area contributed by atoms with Crippen LogP contribution < -0.4 is 9.47 Å². The molecule has 1 aliphatic rings. The van der Waals surface area contributed by atoms with E-state index in [-0.39, 0.29) is 23.8 Å². The van der Waals surface area contributed by atoms with Crippen LogP contribution in [-0.2, 0) is 6.61 Å². The molecule has 3 aromatic rings. The maximum Gasteiger partial charge on any atom is 0.269 e. The fourth-order valence-corrected chi connectivity index (χ4v) is 3.66. The maximum atomic E-state index is 12.8. The van der Waals surface area contributed by atoms with Crippen molar-refractivity contribution in [3.05, 3.63) is 103 Å². The molecule has 0 aromatic heterocycles. The van der Waals surface area contributed by atoms with Gasteiger partial charge in [0.2, 0.25) is 5.78 Å². The summed E-state index contributed by atoms with van der Waals surface area (Å²) in [6.45, 7) is 2.02. The van der Waals surface area contributed by atoms with Crippen molar-refractivity contribution in [3.63, 3.8) is 0 Å². The van der Waals surface area contributed by atoms with Crippen molar-refractivity contribution >= 4 is 40.7 Å². The number of nitro benzene ring substituents is 1. The molecule has 0 fully saturated rings. The summed E-state index contributed by atoms with van der Waals surface area (Å²) in [4.78, 5) is 23.1. The zero-order chi connectivity index (χ0) is 22.1. The Labute approximate surface area is 187 Å². The number of ketones is 1. The molecule has 31 heavy (non-hydrogen) atoms. The lowest BCUT2D eigenvalue weighted by Gasteiger charge is -2.09. The van der Waals surface area contributed by atoms with Crippen LogP contribution in [0.25, 0.3) is 6.08 Å². The van der Waals surface area contributed by atoms with Gasteiger partial charge >= 0.3 is 0 Å². The van der Waals surface area contributed by atoms with Gasteiger partial charge < -0.3 is 9.47 Å². The highest BCUT2D eigenvalue weighted by atomic mass is 35.5. The summed E-state index contributed by atoms with van der Waals surface area (Å²) in [6, 6.07) is 14.5. The fourth-order valence-electron chi connectivity index (χ4n) is 3.20. The van der Waals surface area contributed by atoms with Crippen molar-refractivity contribution in [1.29, 1.82) is 0 Å². The number of benzene rings is 3. The van der Waals surface area contributed by atoms with E-state index in [1.54, 1.807) is 55.5 Å². The highest BCUT2D eigenvalue weighted by molar-refractivity contribution is 6.35. The summed E-state index contributed by atoms with van der Waals surface area (Å²) in [5.74, 6) is 0.850. The first kappa shape index (κ1) is 20.9. The normalized spacial score (nSPS) is 13.8. The van der Waals surface area contributed by atoms with Crippen LogP contribution >= 0.6 is 23.2 Å². The van der Waals surface area contributed by atoms with Gasteiger partial charge in [0.05, 0.1) is 10.5 Å². The van der Waals surface area contributed by atoms with Gasteiger partial charge in [-0.2, -0.15) is 0 Å². The Bertz CT molecular complexity index is 1240. The zero-order valence-corrected chi connectivity index (χ0v) is 17.7. The molecule has 0 unspecified atom stereocenters. The molecular formula is C23H15Cl2NO5. The first-order chi connectivity index (χ1) is 14.8. The molecule has 0 saturated heterocycles. The van der Waals surface area contributed by atoms with Crippen molar-refractivity contribution in [1.82, 2.24) is 0 Å². The van der Waals surface area contributed by atoms with Gasteiger partial charge in [0.1, 0.15) is 18.1 Å². The third-order valence-corrected chi connectivity index (χ3v) is 5.31. The number of fused-ring (bicyclic) bond motifs is 1. The predicted molar refractivity (Wildman–Crippen MR) is 118 cm³/mol. The second-order valence-corrected chi connectivity index (χ2v) is 7.77. The van der Waals surface area contributed by atoms with Crippen LogP contribution in [0.15, 0.2) is 60.4 Å². The number of halogens is 2. The van der Waals surface area contributed by atoms with Crippen LogP contribution in [0.4, 0.5) is 5.69 Å². The molecule has 8 heteroatoms. The lowest BCUT2D eigenvalue weighted by molar-refractivity contribution is -0.384. The van der Waals surface area contributed by atoms with Gasteiger partial charge in [-0.3, -0.25) is 14.9 Å². The van der Waals surface area contributed by atoms with Crippen LogP contribution in [0.2, 0.25) is 10.0 Å². The average molecular weight is 456 g/mol. The second kappa shape index (κ2) is 8.41. The van der Waals surface area contributed by atoms with Crippen LogP contribution in [0.1, 0.15) is 27.0 Å². The third kappa shape index (κ3) is 4.40. The molecule has 0 saturated carbocycles. The number of hydrogen-bond acceptors (Lipinski definition) is 5. The maximum absolute atomic E-state index is 12.8. The topological polar surface area (TPSA) is 78.7 Å².